The van der Waals surface area contributed by atoms with E-state index >= 15 is 0 Å². The second-order valence-corrected chi connectivity index (χ2v) is 4.91. The number of β-amino-alcohol motifs (C(OH)–C–C–N with tert-alkyl or cyclic N) is 1. The number of aliphatic hydroxyl groups excluding tert-OH is 1. The van der Waals surface area contributed by atoms with E-state index in [1.54, 1.807) is 0 Å². The molecule has 1 unspecified atom stereocenters. The normalized spacial score (nSPS) is 20.3. The minimum Gasteiger partial charge on any atom is -0.451 e. The Bertz CT molecular complexity index is 566. The average Bonchev–Trinajstić information content (AvgIpc) is 2.93. The largest absolute Gasteiger partial charge is 0.451 e. The van der Waals surface area contributed by atoms with Gasteiger partial charge >= 0.3 is 12.1 Å². The van der Waals surface area contributed by atoms with Crippen LogP contribution in [0, 0.1) is 12.3 Å². The summed E-state index contributed by atoms with van der Waals surface area (Å²) in [5, 5.41) is 9.68. The van der Waals surface area contributed by atoms with Crippen molar-refractivity contribution in [1.29, 1.82) is 0 Å². The van der Waals surface area contributed by atoms with Crippen molar-refractivity contribution in [3.8, 4) is 12.3 Å². The van der Waals surface area contributed by atoms with Crippen molar-refractivity contribution >= 4 is 12.1 Å². The monoisotopic (exact) mass is 303 g/mol. The highest BCUT2D eigenvalue weighted by Gasteiger charge is 2.40. The second-order valence-electron chi connectivity index (χ2n) is 4.91. The number of rotatable bonds is 4. The fourth-order valence-electron chi connectivity index (χ4n) is 2.25. The number of benzene rings is 1. The van der Waals surface area contributed by atoms with E-state index in [1.807, 2.05) is 30.3 Å². The molecule has 1 aliphatic heterocycles. The van der Waals surface area contributed by atoms with Gasteiger partial charge in [-0.3, -0.25) is 4.90 Å². The van der Waals surface area contributed by atoms with Gasteiger partial charge in [0.05, 0.1) is 12.6 Å². The molecule has 1 fully saturated rings. The lowest BCUT2D eigenvalue weighted by atomic mass is 10.2. The molecule has 22 heavy (non-hydrogen) atoms. The van der Waals surface area contributed by atoms with Crippen LogP contribution in [0.3, 0.4) is 0 Å². The third-order valence-corrected chi connectivity index (χ3v) is 3.29. The second kappa shape index (κ2) is 7.48. The Hall–Kier alpha value is -2.52. The zero-order valence-electron chi connectivity index (χ0n) is 12.0. The Morgan fingerprint density at radius 1 is 1.32 bits per heavy atom. The van der Waals surface area contributed by atoms with Gasteiger partial charge in [0.25, 0.3) is 0 Å². The number of esters is 1. The Kier molecular flexibility index (Phi) is 5.39. The van der Waals surface area contributed by atoms with Gasteiger partial charge in [-0.1, -0.05) is 36.3 Å². The molecule has 1 aromatic carbocycles. The van der Waals surface area contributed by atoms with E-state index in [4.69, 9.17) is 15.9 Å². The molecule has 1 aliphatic rings. The highest BCUT2D eigenvalue weighted by molar-refractivity contribution is 5.82. The summed E-state index contributed by atoms with van der Waals surface area (Å²) < 4.78 is 10.0. The number of hydrogen-bond acceptors (Lipinski definition) is 5. The summed E-state index contributed by atoms with van der Waals surface area (Å²) in [4.78, 5) is 25.1. The molecule has 1 heterocycles. The van der Waals surface area contributed by atoms with Crippen LogP contribution in [0.1, 0.15) is 12.0 Å². The third-order valence-electron chi connectivity index (χ3n) is 3.29. The van der Waals surface area contributed by atoms with Crippen molar-refractivity contribution in [1.82, 2.24) is 4.90 Å². The summed E-state index contributed by atoms with van der Waals surface area (Å²) in [5.41, 5.74) is 0.835. The number of carbonyl (C=O) groups is 2. The van der Waals surface area contributed by atoms with Crippen LogP contribution in [0.15, 0.2) is 30.3 Å². The maximum atomic E-state index is 12.1. The van der Waals surface area contributed by atoms with Crippen molar-refractivity contribution in [2.24, 2.45) is 0 Å². The average molecular weight is 303 g/mol. The minimum absolute atomic E-state index is 0.0312. The molecule has 1 saturated heterocycles. The molecule has 2 atom stereocenters. The Morgan fingerprint density at radius 2 is 2.05 bits per heavy atom. The number of nitrogens with zero attached hydrogens (tertiary/aromatic N) is 1. The first kappa shape index (κ1) is 15.9. The molecule has 0 spiro atoms. The van der Waals surface area contributed by atoms with Crippen LogP contribution in [0.25, 0.3) is 0 Å². The van der Waals surface area contributed by atoms with Crippen molar-refractivity contribution in [2.75, 3.05) is 13.2 Å². The molecule has 116 valence electrons. The number of likely N-dealkylation sites (tertiary alicyclic amines) is 1. The van der Waals surface area contributed by atoms with Gasteiger partial charge in [0.15, 0.2) is 6.61 Å². The van der Waals surface area contributed by atoms with Gasteiger partial charge in [0.2, 0.25) is 0 Å². The quantitative estimate of drug-likeness (QED) is 0.661. The van der Waals surface area contributed by atoms with Crippen molar-refractivity contribution in [2.45, 2.75) is 25.2 Å². The van der Waals surface area contributed by atoms with E-state index in [9.17, 15) is 14.7 Å². The molecule has 0 saturated carbocycles. The van der Waals surface area contributed by atoms with Crippen molar-refractivity contribution in [3.05, 3.63) is 35.9 Å². The molecule has 1 N–H and O–H groups in total. The van der Waals surface area contributed by atoms with E-state index < -0.39 is 24.2 Å². The van der Waals surface area contributed by atoms with Crippen LogP contribution in [0.5, 0.6) is 0 Å². The topological polar surface area (TPSA) is 76.1 Å². The number of ether oxygens (including phenoxy) is 2. The molecule has 0 aromatic heterocycles. The molecule has 0 radical (unpaired) electrons. The van der Waals surface area contributed by atoms with Crippen molar-refractivity contribution in [3.63, 3.8) is 0 Å². The molecule has 0 bridgehead atoms. The zero-order valence-corrected chi connectivity index (χ0v) is 12.0. The first-order chi connectivity index (χ1) is 10.6. The van der Waals surface area contributed by atoms with Gasteiger partial charge in [-0.25, -0.2) is 9.59 Å². The van der Waals surface area contributed by atoms with Crippen LogP contribution >= 0.6 is 0 Å². The van der Waals surface area contributed by atoms with Crippen LogP contribution in [0.2, 0.25) is 0 Å². The van der Waals surface area contributed by atoms with Gasteiger partial charge in [-0.05, 0) is 5.56 Å². The smallest absolute Gasteiger partial charge is 0.410 e. The Balaban J connectivity index is 1.94. The molecular formula is C16H17NO5. The van der Waals surface area contributed by atoms with Gasteiger partial charge in [0.1, 0.15) is 12.6 Å². The fraction of sp³-hybridized carbons (Fsp3) is 0.375. The molecule has 6 nitrogen and oxygen atoms in total. The van der Waals surface area contributed by atoms with Gasteiger partial charge in [-0.15, -0.1) is 6.42 Å². The van der Waals surface area contributed by atoms with E-state index in [0.29, 0.717) is 0 Å². The molecule has 6 heteroatoms. The third kappa shape index (κ3) is 3.99. The predicted octanol–water partition coefficient (Wildman–Crippen LogP) is 0.935. The van der Waals surface area contributed by atoms with Crippen LogP contribution < -0.4 is 0 Å². The van der Waals surface area contributed by atoms with Crippen LogP contribution in [0.4, 0.5) is 4.79 Å². The van der Waals surface area contributed by atoms with E-state index in [2.05, 4.69) is 5.92 Å². The number of amides is 1. The summed E-state index contributed by atoms with van der Waals surface area (Å²) in [6, 6.07) is 8.31. The van der Waals surface area contributed by atoms with Gasteiger partial charge < -0.3 is 14.6 Å². The summed E-state index contributed by atoms with van der Waals surface area (Å²) in [5.74, 6) is 1.55. The highest BCUT2D eigenvalue weighted by atomic mass is 16.6. The van der Waals surface area contributed by atoms with E-state index in [-0.39, 0.29) is 26.2 Å². The lowest BCUT2D eigenvalue weighted by Crippen LogP contribution is -2.41. The van der Waals surface area contributed by atoms with Gasteiger partial charge in [0, 0.05) is 6.42 Å². The summed E-state index contributed by atoms with van der Waals surface area (Å²) in [6.07, 6.45) is 3.69. The number of aliphatic hydroxyl groups is 1. The maximum absolute atomic E-state index is 12.1. The van der Waals surface area contributed by atoms with E-state index in [0.717, 1.165) is 5.56 Å². The zero-order chi connectivity index (χ0) is 15.9. The number of terminal acetylenes is 1. The Morgan fingerprint density at radius 3 is 2.73 bits per heavy atom. The Labute approximate surface area is 128 Å². The highest BCUT2D eigenvalue weighted by Crippen LogP contribution is 2.20. The predicted molar refractivity (Wildman–Crippen MR) is 77.5 cm³/mol. The molecular weight excluding hydrogens is 286 g/mol. The van der Waals surface area contributed by atoms with Crippen molar-refractivity contribution < 1.29 is 24.2 Å². The van der Waals surface area contributed by atoms with E-state index in [1.165, 1.54) is 4.90 Å². The molecule has 1 amide bonds. The van der Waals surface area contributed by atoms with Crippen LogP contribution in [-0.4, -0.2) is 47.4 Å². The first-order valence-electron chi connectivity index (χ1n) is 6.87. The SMILES string of the molecule is C#CCOC(=O)[C@@H]1CC(O)CN1C(=O)OCc1ccccc1. The maximum Gasteiger partial charge on any atom is 0.410 e. The number of carbonyl (C=O) groups excluding carboxylic acids is 2. The summed E-state index contributed by atoms with van der Waals surface area (Å²) in [6.45, 7) is -0.0415. The molecule has 0 aliphatic carbocycles. The summed E-state index contributed by atoms with van der Waals surface area (Å²) in [7, 11) is 0. The van der Waals surface area contributed by atoms with Gasteiger partial charge in [-0.2, -0.15) is 0 Å². The number of hydrogen-bond donors (Lipinski definition) is 1. The van der Waals surface area contributed by atoms with Crippen LogP contribution in [-0.2, 0) is 20.9 Å². The summed E-state index contributed by atoms with van der Waals surface area (Å²) >= 11 is 0. The lowest BCUT2D eigenvalue weighted by Gasteiger charge is -2.22. The standard InChI is InChI=1S/C16H17NO5/c1-2-8-21-15(19)14-9-13(18)10-17(14)16(20)22-11-12-6-4-3-5-7-12/h1,3-7,13-14,18H,8-11H2/t13?,14-/m0/s1. The minimum atomic E-state index is -0.869. The first-order valence-corrected chi connectivity index (χ1v) is 6.87. The lowest BCUT2D eigenvalue weighted by molar-refractivity contribution is -0.147. The fourth-order valence-corrected chi connectivity index (χ4v) is 2.25. The molecule has 2 rings (SSSR count). The molecule has 1 aromatic rings.